The fourth-order valence-electron chi connectivity index (χ4n) is 2.09. The van der Waals surface area contributed by atoms with Gasteiger partial charge >= 0.3 is 5.97 Å². The van der Waals surface area contributed by atoms with E-state index in [1.165, 1.54) is 0 Å². The molecule has 0 aromatic heterocycles. The summed E-state index contributed by atoms with van der Waals surface area (Å²) in [6, 6.07) is 11.6. The minimum atomic E-state index is -0.952. The molecule has 0 saturated heterocycles. The first-order valence-corrected chi connectivity index (χ1v) is 6.96. The highest BCUT2D eigenvalue weighted by Gasteiger charge is 2.29. The highest BCUT2D eigenvalue weighted by molar-refractivity contribution is 5.89. The molecule has 0 bridgehead atoms. The predicted molar refractivity (Wildman–Crippen MR) is 83.5 cm³/mol. The molecule has 0 fully saturated rings. The van der Waals surface area contributed by atoms with Crippen LogP contribution in [0.2, 0.25) is 0 Å². The number of carboxylic acid groups (broad SMARTS) is 1. The maximum absolute atomic E-state index is 11.2. The first-order valence-electron chi connectivity index (χ1n) is 6.96. The Balaban J connectivity index is 2.45. The second kappa shape index (κ2) is 5.74. The molecule has 1 atom stereocenters. The molecule has 4 nitrogen and oxygen atoms in total. The largest absolute Gasteiger partial charge is 0.491 e. The fourth-order valence-corrected chi connectivity index (χ4v) is 2.09. The van der Waals surface area contributed by atoms with Gasteiger partial charge in [0.1, 0.15) is 12.4 Å². The van der Waals surface area contributed by atoms with E-state index < -0.39 is 11.4 Å². The first-order chi connectivity index (χ1) is 9.83. The summed E-state index contributed by atoms with van der Waals surface area (Å²) in [5.41, 5.74) is 5.94. The van der Waals surface area contributed by atoms with Crippen molar-refractivity contribution in [2.45, 2.75) is 26.8 Å². The van der Waals surface area contributed by atoms with E-state index in [1.807, 2.05) is 43.3 Å². The molecule has 0 radical (unpaired) electrons. The van der Waals surface area contributed by atoms with Gasteiger partial charge in [-0.2, -0.15) is 0 Å². The van der Waals surface area contributed by atoms with Crippen LogP contribution in [0.3, 0.4) is 0 Å². The van der Waals surface area contributed by atoms with Crippen molar-refractivity contribution in [2.24, 2.45) is 11.1 Å². The molecule has 3 N–H and O–H groups in total. The van der Waals surface area contributed by atoms with Crippen LogP contribution in [-0.4, -0.2) is 17.7 Å². The number of carboxylic acids is 1. The molecule has 2 rings (SSSR count). The lowest BCUT2D eigenvalue weighted by atomic mass is 9.95. The van der Waals surface area contributed by atoms with Crippen molar-refractivity contribution in [3.05, 3.63) is 42.0 Å². The van der Waals surface area contributed by atoms with Gasteiger partial charge < -0.3 is 15.6 Å². The van der Waals surface area contributed by atoms with Crippen LogP contribution in [0.4, 0.5) is 0 Å². The third kappa shape index (κ3) is 3.16. The average Bonchev–Trinajstić information content (AvgIpc) is 2.44. The highest BCUT2D eigenvalue weighted by atomic mass is 16.5. The Morgan fingerprint density at radius 3 is 2.57 bits per heavy atom. The number of aliphatic carboxylic acids is 1. The SMILES string of the molecule is C[C@H](N)c1ccc2ccccc2c1OCC(C)(C)C(=O)O. The van der Waals surface area contributed by atoms with E-state index in [0.717, 1.165) is 16.3 Å². The summed E-state index contributed by atoms with van der Waals surface area (Å²) >= 11 is 0. The summed E-state index contributed by atoms with van der Waals surface area (Å²) in [4.78, 5) is 11.2. The maximum atomic E-state index is 11.2. The number of rotatable bonds is 5. The minimum Gasteiger partial charge on any atom is -0.491 e. The van der Waals surface area contributed by atoms with Crippen LogP contribution in [0.1, 0.15) is 32.4 Å². The van der Waals surface area contributed by atoms with Crippen LogP contribution in [0.25, 0.3) is 10.8 Å². The van der Waals surface area contributed by atoms with Gasteiger partial charge in [0.2, 0.25) is 0 Å². The van der Waals surface area contributed by atoms with Crippen molar-refractivity contribution in [1.29, 1.82) is 0 Å². The molecule has 0 aliphatic carbocycles. The molecule has 112 valence electrons. The molecule has 0 aliphatic rings. The zero-order valence-electron chi connectivity index (χ0n) is 12.6. The summed E-state index contributed by atoms with van der Waals surface area (Å²) in [5.74, 6) is -0.206. The minimum absolute atomic E-state index is 0.0933. The van der Waals surface area contributed by atoms with E-state index in [9.17, 15) is 9.90 Å². The number of nitrogens with two attached hydrogens (primary N) is 1. The number of hydrogen-bond acceptors (Lipinski definition) is 3. The normalized spacial score (nSPS) is 13.1. The molecular weight excluding hydrogens is 266 g/mol. The van der Waals surface area contributed by atoms with Crippen LogP contribution in [0.15, 0.2) is 36.4 Å². The van der Waals surface area contributed by atoms with Crippen molar-refractivity contribution in [3.8, 4) is 5.75 Å². The van der Waals surface area contributed by atoms with E-state index in [2.05, 4.69) is 0 Å². The van der Waals surface area contributed by atoms with Crippen LogP contribution >= 0.6 is 0 Å². The topological polar surface area (TPSA) is 72.5 Å². The van der Waals surface area contributed by atoms with Crippen molar-refractivity contribution in [1.82, 2.24) is 0 Å². The van der Waals surface area contributed by atoms with Crippen LogP contribution < -0.4 is 10.5 Å². The molecule has 21 heavy (non-hydrogen) atoms. The molecule has 0 amide bonds. The lowest BCUT2D eigenvalue weighted by molar-refractivity contribution is -0.148. The quantitative estimate of drug-likeness (QED) is 0.884. The summed E-state index contributed by atoms with van der Waals surface area (Å²) in [7, 11) is 0. The van der Waals surface area contributed by atoms with Crippen molar-refractivity contribution < 1.29 is 14.6 Å². The van der Waals surface area contributed by atoms with E-state index in [-0.39, 0.29) is 12.6 Å². The van der Waals surface area contributed by atoms with E-state index in [4.69, 9.17) is 10.5 Å². The molecule has 0 spiro atoms. The summed E-state index contributed by atoms with van der Waals surface area (Å²) in [5, 5.41) is 11.2. The van der Waals surface area contributed by atoms with Gasteiger partial charge in [0.15, 0.2) is 0 Å². The molecule has 2 aromatic rings. The molecule has 0 aliphatic heterocycles. The Hall–Kier alpha value is -2.07. The Kier molecular flexibility index (Phi) is 4.19. The third-order valence-corrected chi connectivity index (χ3v) is 3.56. The van der Waals surface area contributed by atoms with Crippen LogP contribution in [0.5, 0.6) is 5.75 Å². The first kappa shape index (κ1) is 15.3. The molecule has 2 aromatic carbocycles. The Morgan fingerprint density at radius 1 is 1.29 bits per heavy atom. The highest BCUT2D eigenvalue weighted by Crippen LogP contribution is 2.34. The van der Waals surface area contributed by atoms with Gasteiger partial charge in [-0.3, -0.25) is 4.79 Å². The van der Waals surface area contributed by atoms with Gasteiger partial charge in [0, 0.05) is 17.0 Å². The third-order valence-electron chi connectivity index (χ3n) is 3.56. The van der Waals surface area contributed by atoms with E-state index >= 15 is 0 Å². The molecule has 0 saturated carbocycles. The number of fused-ring (bicyclic) bond motifs is 1. The smallest absolute Gasteiger partial charge is 0.312 e. The summed E-state index contributed by atoms with van der Waals surface area (Å²) in [6.07, 6.45) is 0. The van der Waals surface area contributed by atoms with Gasteiger partial charge in [-0.25, -0.2) is 0 Å². The van der Waals surface area contributed by atoms with Gasteiger partial charge in [0.25, 0.3) is 0 Å². The van der Waals surface area contributed by atoms with Crippen LogP contribution in [0, 0.1) is 5.41 Å². The molecule has 0 heterocycles. The van der Waals surface area contributed by atoms with Crippen molar-refractivity contribution >= 4 is 16.7 Å². The van der Waals surface area contributed by atoms with E-state index in [0.29, 0.717) is 5.75 Å². The number of ether oxygens (including phenoxy) is 1. The van der Waals surface area contributed by atoms with E-state index in [1.54, 1.807) is 13.8 Å². The molecular formula is C17H21NO3. The zero-order valence-corrected chi connectivity index (χ0v) is 12.6. The van der Waals surface area contributed by atoms with Crippen molar-refractivity contribution in [3.63, 3.8) is 0 Å². The fraction of sp³-hybridized carbons (Fsp3) is 0.353. The predicted octanol–water partition coefficient (Wildman–Crippen LogP) is 3.35. The lowest BCUT2D eigenvalue weighted by Crippen LogP contribution is -2.31. The number of hydrogen-bond donors (Lipinski definition) is 2. The number of carbonyl (C=O) groups is 1. The van der Waals surface area contributed by atoms with Gasteiger partial charge in [-0.1, -0.05) is 36.4 Å². The van der Waals surface area contributed by atoms with Gasteiger partial charge in [-0.05, 0) is 26.2 Å². The van der Waals surface area contributed by atoms with Crippen molar-refractivity contribution in [2.75, 3.05) is 6.61 Å². The van der Waals surface area contributed by atoms with Gasteiger partial charge in [0.05, 0.1) is 5.41 Å². The number of benzene rings is 2. The standard InChI is InChI=1S/C17H21NO3/c1-11(18)13-9-8-12-6-4-5-7-14(12)15(13)21-10-17(2,3)16(19)20/h4-9,11H,10,18H2,1-3H3,(H,19,20)/t11-/m0/s1. The Bertz CT molecular complexity index is 662. The molecule has 4 heteroatoms. The maximum Gasteiger partial charge on any atom is 0.312 e. The lowest BCUT2D eigenvalue weighted by Gasteiger charge is -2.23. The monoisotopic (exact) mass is 287 g/mol. The Morgan fingerprint density at radius 2 is 1.95 bits per heavy atom. The molecule has 0 unspecified atom stereocenters. The second-order valence-electron chi connectivity index (χ2n) is 5.97. The second-order valence-corrected chi connectivity index (χ2v) is 5.97. The summed E-state index contributed by atoms with van der Waals surface area (Å²) < 4.78 is 5.88. The summed E-state index contributed by atoms with van der Waals surface area (Å²) in [6.45, 7) is 5.27. The average molecular weight is 287 g/mol. The zero-order chi connectivity index (χ0) is 15.6. The van der Waals surface area contributed by atoms with Gasteiger partial charge in [-0.15, -0.1) is 0 Å². The Labute approximate surface area is 124 Å². The van der Waals surface area contributed by atoms with Crippen LogP contribution in [-0.2, 0) is 4.79 Å².